The molecule has 14 aromatic rings. The summed E-state index contributed by atoms with van der Waals surface area (Å²) >= 11 is 0. The van der Waals surface area contributed by atoms with Crippen LogP contribution < -0.4 is 0 Å². The summed E-state index contributed by atoms with van der Waals surface area (Å²) < 4.78 is 0. The molecule has 12 aromatic carbocycles. The number of aromatic nitrogens is 6. The Morgan fingerprint density at radius 1 is 0.107 bits per heavy atom. The van der Waals surface area contributed by atoms with E-state index in [4.69, 9.17) is 29.9 Å². The van der Waals surface area contributed by atoms with Gasteiger partial charge in [-0.25, -0.2) is 29.9 Å². The largest absolute Gasteiger partial charge is 0.208 e. The fourth-order valence-electron chi connectivity index (χ4n) is 10.8. The first-order valence-electron chi connectivity index (χ1n) is 28.1. The lowest BCUT2D eigenvalue weighted by Crippen LogP contribution is -2.00. The smallest absolute Gasteiger partial charge is 0.164 e. The molecule has 2 aromatic heterocycles. The van der Waals surface area contributed by atoms with Crippen LogP contribution >= 0.6 is 0 Å². The average molecular weight is 1070 g/mol. The van der Waals surface area contributed by atoms with Crippen LogP contribution in [0.25, 0.3) is 146 Å². The Morgan fingerprint density at radius 2 is 0.238 bits per heavy atom. The predicted octanol–water partition coefficient (Wildman–Crippen LogP) is 19.7. The molecule has 14 rings (SSSR count). The zero-order valence-corrected chi connectivity index (χ0v) is 45.7. The van der Waals surface area contributed by atoms with E-state index in [1.165, 1.54) is 0 Å². The van der Waals surface area contributed by atoms with Gasteiger partial charge in [0.25, 0.3) is 0 Å². The number of nitrogens with zero attached hydrogens (tertiary/aromatic N) is 6. The van der Waals surface area contributed by atoms with Crippen molar-refractivity contribution in [1.82, 2.24) is 29.9 Å². The summed E-state index contributed by atoms with van der Waals surface area (Å²) in [6.07, 6.45) is 0. The van der Waals surface area contributed by atoms with Crippen molar-refractivity contribution in [3.63, 3.8) is 0 Å². The molecule has 6 heteroatoms. The molecule has 0 amide bonds. The number of rotatable bonds is 13. The first kappa shape index (κ1) is 50.9. The molecule has 394 valence electrons. The highest BCUT2D eigenvalue weighted by Crippen LogP contribution is 2.36. The van der Waals surface area contributed by atoms with Crippen molar-refractivity contribution < 1.29 is 0 Å². The van der Waals surface area contributed by atoms with Gasteiger partial charge in [-0.1, -0.05) is 267 Å². The van der Waals surface area contributed by atoms with Crippen LogP contribution in [-0.2, 0) is 0 Å². The third kappa shape index (κ3) is 11.0. The van der Waals surface area contributed by atoms with Crippen LogP contribution in [0.1, 0.15) is 0 Å². The molecule has 2 heterocycles. The highest BCUT2D eigenvalue weighted by molar-refractivity contribution is 5.82. The molecule has 0 bridgehead atoms. The Labute approximate surface area is 488 Å². The summed E-state index contributed by atoms with van der Waals surface area (Å²) in [6, 6.07) is 110. The molecule has 0 saturated carbocycles. The molecule has 0 saturated heterocycles. The van der Waals surface area contributed by atoms with E-state index in [1.807, 2.05) is 48.5 Å². The lowest BCUT2D eigenvalue weighted by Gasteiger charge is -2.12. The molecule has 0 aliphatic heterocycles. The molecule has 0 N–H and O–H groups in total. The van der Waals surface area contributed by atoms with Crippen LogP contribution in [0, 0.1) is 0 Å². The van der Waals surface area contributed by atoms with E-state index in [0.29, 0.717) is 34.9 Å². The number of hydrogen-bond donors (Lipinski definition) is 0. The predicted molar refractivity (Wildman–Crippen MR) is 344 cm³/mol. The molecule has 0 spiro atoms. The molecule has 84 heavy (non-hydrogen) atoms. The van der Waals surface area contributed by atoms with Crippen LogP contribution in [0.4, 0.5) is 0 Å². The fourth-order valence-corrected chi connectivity index (χ4v) is 10.8. The summed E-state index contributed by atoms with van der Waals surface area (Å²) in [7, 11) is 0. The van der Waals surface area contributed by atoms with E-state index in [-0.39, 0.29) is 0 Å². The SMILES string of the molecule is c1ccc(-c2cccc(-c3nc(-c4ccccc4)nc(-c4cccc(-c5cccc(-c6cccc(-c7cccc(-c8cccc(-c9nc(-c%10cccc(-c%11ccccc%11)c%10)nc(-c%10cccc(-c%11ccccc%11)c%10)n9)c8)c7)c6)c5)c4)n3)c2)cc1. The topological polar surface area (TPSA) is 77.3 Å². The van der Waals surface area contributed by atoms with Gasteiger partial charge in [0.15, 0.2) is 34.9 Å². The molecular weight excluding hydrogens is 1020 g/mol. The standard InChI is InChI=1S/C78H52N6/c1-5-21-53(22-6-1)57-29-16-40-68(48-57)74-79-73(56-27-11-4-12-28-56)80-75(81-74)71-43-19-38-66(51-71)64-36-14-34-62(46-64)60-32-13-33-61(45-60)63-35-15-37-65(47-63)67-39-20-44-72(52-67)78-83-76(69-41-17-30-58(49-69)54-23-7-2-8-24-54)82-77(84-78)70-42-18-31-59(50-70)55-25-9-3-10-26-55/h1-52H. The summed E-state index contributed by atoms with van der Waals surface area (Å²) in [5, 5.41) is 0. The Bertz CT molecular complexity index is 4560. The van der Waals surface area contributed by atoms with Crippen molar-refractivity contribution in [3.8, 4) is 146 Å². The van der Waals surface area contributed by atoms with Crippen molar-refractivity contribution in [2.24, 2.45) is 0 Å². The van der Waals surface area contributed by atoms with Crippen molar-refractivity contribution >= 4 is 0 Å². The molecule has 0 unspecified atom stereocenters. The van der Waals surface area contributed by atoms with Crippen molar-refractivity contribution in [3.05, 3.63) is 315 Å². The van der Waals surface area contributed by atoms with Crippen LogP contribution in [0.5, 0.6) is 0 Å². The van der Waals surface area contributed by atoms with E-state index in [2.05, 4.69) is 267 Å². The molecule has 0 atom stereocenters. The lowest BCUT2D eigenvalue weighted by molar-refractivity contribution is 1.07. The van der Waals surface area contributed by atoms with Crippen molar-refractivity contribution in [2.75, 3.05) is 0 Å². The molecule has 0 radical (unpaired) electrons. The van der Waals surface area contributed by atoms with Gasteiger partial charge in [-0.2, -0.15) is 0 Å². The normalized spacial score (nSPS) is 11.1. The quantitative estimate of drug-likeness (QED) is 0.114. The van der Waals surface area contributed by atoms with Gasteiger partial charge in [-0.3, -0.25) is 0 Å². The highest BCUT2D eigenvalue weighted by Gasteiger charge is 2.17. The van der Waals surface area contributed by atoms with Gasteiger partial charge < -0.3 is 0 Å². The number of hydrogen-bond acceptors (Lipinski definition) is 6. The maximum absolute atomic E-state index is 5.20. The first-order valence-corrected chi connectivity index (χ1v) is 28.1. The lowest BCUT2D eigenvalue weighted by atomic mass is 9.94. The van der Waals surface area contributed by atoms with E-state index in [0.717, 1.165) is 111 Å². The van der Waals surface area contributed by atoms with Crippen LogP contribution in [0.2, 0.25) is 0 Å². The van der Waals surface area contributed by atoms with Gasteiger partial charge in [-0.15, -0.1) is 0 Å². The number of benzene rings is 12. The zero-order chi connectivity index (χ0) is 56.0. The second-order valence-corrected chi connectivity index (χ2v) is 20.7. The summed E-state index contributed by atoms with van der Waals surface area (Å²) in [5.41, 5.74) is 20.9. The first-order chi connectivity index (χ1) is 41.6. The van der Waals surface area contributed by atoms with Gasteiger partial charge in [-0.05, 0) is 126 Å². The Kier molecular flexibility index (Phi) is 13.9. The third-order valence-electron chi connectivity index (χ3n) is 15.1. The maximum atomic E-state index is 5.20. The summed E-state index contributed by atoms with van der Waals surface area (Å²) in [5.74, 6) is 3.67. The minimum absolute atomic E-state index is 0.600. The van der Waals surface area contributed by atoms with Gasteiger partial charge in [0.2, 0.25) is 0 Å². The van der Waals surface area contributed by atoms with E-state index in [1.54, 1.807) is 0 Å². The van der Waals surface area contributed by atoms with Crippen molar-refractivity contribution in [2.45, 2.75) is 0 Å². The van der Waals surface area contributed by atoms with Crippen LogP contribution in [0.3, 0.4) is 0 Å². The van der Waals surface area contributed by atoms with Gasteiger partial charge in [0, 0.05) is 33.4 Å². The Balaban J connectivity index is 0.767. The minimum atomic E-state index is 0.600. The monoisotopic (exact) mass is 1070 g/mol. The average Bonchev–Trinajstić information content (AvgIpc) is 3.60. The Morgan fingerprint density at radius 3 is 0.440 bits per heavy atom. The van der Waals surface area contributed by atoms with Crippen LogP contribution in [-0.4, -0.2) is 29.9 Å². The van der Waals surface area contributed by atoms with E-state index in [9.17, 15) is 0 Å². The van der Waals surface area contributed by atoms with E-state index < -0.39 is 0 Å². The van der Waals surface area contributed by atoms with Gasteiger partial charge in [0.1, 0.15) is 0 Å². The maximum Gasteiger partial charge on any atom is 0.164 e. The zero-order valence-electron chi connectivity index (χ0n) is 45.7. The second-order valence-electron chi connectivity index (χ2n) is 20.7. The summed E-state index contributed by atoms with van der Waals surface area (Å²) in [6.45, 7) is 0. The van der Waals surface area contributed by atoms with Gasteiger partial charge in [0.05, 0.1) is 0 Å². The Hall–Kier alpha value is -11.3. The third-order valence-corrected chi connectivity index (χ3v) is 15.1. The van der Waals surface area contributed by atoms with E-state index >= 15 is 0 Å². The molecule has 0 aliphatic carbocycles. The van der Waals surface area contributed by atoms with Crippen molar-refractivity contribution in [1.29, 1.82) is 0 Å². The summed E-state index contributed by atoms with van der Waals surface area (Å²) in [4.78, 5) is 30.8. The molecule has 0 aliphatic rings. The second kappa shape index (κ2) is 23.0. The minimum Gasteiger partial charge on any atom is -0.208 e. The molecular formula is C78H52N6. The van der Waals surface area contributed by atoms with Crippen LogP contribution in [0.15, 0.2) is 315 Å². The molecule has 6 nitrogen and oxygen atoms in total. The highest BCUT2D eigenvalue weighted by atomic mass is 15.0. The fraction of sp³-hybridized carbons (Fsp3) is 0. The molecule has 0 fully saturated rings. The van der Waals surface area contributed by atoms with Gasteiger partial charge >= 0.3 is 0 Å².